The van der Waals surface area contributed by atoms with Gasteiger partial charge in [0.15, 0.2) is 0 Å². The molecule has 0 amide bonds. The number of aryl methyl sites for hydroxylation is 2. The first kappa shape index (κ1) is 27.1. The van der Waals surface area contributed by atoms with Gasteiger partial charge < -0.3 is 0 Å². The zero-order valence-electron chi connectivity index (χ0n) is 26.4. The minimum absolute atomic E-state index is 0.0858. The highest BCUT2D eigenvalue weighted by Gasteiger charge is 2.47. The van der Waals surface area contributed by atoms with Crippen molar-refractivity contribution >= 4 is 10.8 Å². The van der Waals surface area contributed by atoms with E-state index in [1.54, 1.807) is 0 Å². The highest BCUT2D eigenvalue weighted by atomic mass is 14.5. The average molecular weight is 589 g/mol. The molecule has 0 heterocycles. The number of hydrogen-bond acceptors (Lipinski definition) is 0. The van der Waals surface area contributed by atoms with Gasteiger partial charge in [-0.25, -0.2) is 0 Å². The lowest BCUT2D eigenvalue weighted by Gasteiger charge is -2.34. The Morgan fingerprint density at radius 2 is 1.00 bits per heavy atom. The van der Waals surface area contributed by atoms with Crippen LogP contribution in [0, 0.1) is 6.92 Å². The Hall–Kier alpha value is -5.20. The van der Waals surface area contributed by atoms with Crippen molar-refractivity contribution < 1.29 is 0 Å². The molecule has 9 rings (SSSR count). The first-order valence-corrected chi connectivity index (χ1v) is 16.6. The van der Waals surface area contributed by atoms with Gasteiger partial charge in [-0.1, -0.05) is 165 Å². The second kappa shape index (κ2) is 10.2. The third-order valence-electron chi connectivity index (χ3n) is 11.1. The van der Waals surface area contributed by atoms with Gasteiger partial charge in [-0.2, -0.15) is 0 Å². The molecule has 0 saturated carbocycles. The van der Waals surface area contributed by atoms with Gasteiger partial charge in [0, 0.05) is 5.41 Å². The molecular formula is C46H36. The lowest BCUT2D eigenvalue weighted by Crippen LogP contribution is -2.28. The van der Waals surface area contributed by atoms with Gasteiger partial charge in [0.1, 0.15) is 0 Å². The van der Waals surface area contributed by atoms with Gasteiger partial charge in [0.25, 0.3) is 0 Å². The Balaban J connectivity index is 1.23. The molecule has 7 aromatic rings. The van der Waals surface area contributed by atoms with Crippen molar-refractivity contribution in [3.05, 3.63) is 202 Å². The number of hydrogen-bond donors (Lipinski definition) is 0. The zero-order valence-corrected chi connectivity index (χ0v) is 26.4. The molecule has 0 nitrogen and oxygen atoms in total. The minimum atomic E-state index is -0.364. The molecule has 0 saturated heterocycles. The summed E-state index contributed by atoms with van der Waals surface area (Å²) in [5, 5.41) is 2.73. The lowest BCUT2D eigenvalue weighted by atomic mass is 9.67. The van der Waals surface area contributed by atoms with Crippen molar-refractivity contribution in [1.82, 2.24) is 0 Å². The maximum atomic E-state index is 2.49. The molecule has 2 aliphatic rings. The van der Waals surface area contributed by atoms with E-state index in [0.717, 1.165) is 12.8 Å². The first-order valence-electron chi connectivity index (χ1n) is 16.6. The van der Waals surface area contributed by atoms with Crippen molar-refractivity contribution in [2.24, 2.45) is 0 Å². The molecule has 7 aromatic carbocycles. The van der Waals surface area contributed by atoms with Gasteiger partial charge in [-0.3, -0.25) is 0 Å². The van der Waals surface area contributed by atoms with Crippen LogP contribution in [0.4, 0.5) is 0 Å². The zero-order chi connectivity index (χ0) is 30.9. The third kappa shape index (κ3) is 3.62. The Morgan fingerprint density at radius 1 is 0.457 bits per heavy atom. The molecule has 1 atom stereocenters. The summed E-state index contributed by atoms with van der Waals surface area (Å²) in [6, 6.07) is 59.0. The molecule has 2 aliphatic carbocycles. The Morgan fingerprint density at radius 3 is 1.70 bits per heavy atom. The van der Waals surface area contributed by atoms with Crippen molar-refractivity contribution in [2.75, 3.05) is 0 Å². The Bertz CT molecular complexity index is 2230. The van der Waals surface area contributed by atoms with E-state index < -0.39 is 0 Å². The fourth-order valence-electron chi connectivity index (χ4n) is 9.04. The van der Waals surface area contributed by atoms with E-state index in [9.17, 15) is 0 Å². The predicted molar refractivity (Wildman–Crippen MR) is 193 cm³/mol. The summed E-state index contributed by atoms with van der Waals surface area (Å²) in [5.74, 6) is 0. The van der Waals surface area contributed by atoms with Crippen molar-refractivity contribution in [3.8, 4) is 22.3 Å². The second-order valence-electron chi connectivity index (χ2n) is 13.4. The summed E-state index contributed by atoms with van der Waals surface area (Å²) in [7, 11) is 0. The van der Waals surface area contributed by atoms with Crippen LogP contribution in [0.2, 0.25) is 0 Å². The summed E-state index contributed by atoms with van der Waals surface area (Å²) >= 11 is 0. The maximum Gasteiger partial charge on any atom is 0.0713 e. The normalized spacial score (nSPS) is 16.9. The van der Waals surface area contributed by atoms with Crippen molar-refractivity contribution in [3.63, 3.8) is 0 Å². The van der Waals surface area contributed by atoms with E-state index in [4.69, 9.17) is 0 Å². The smallest absolute Gasteiger partial charge is 0.0622 e. The quantitative estimate of drug-likeness (QED) is 0.188. The van der Waals surface area contributed by atoms with Crippen LogP contribution in [-0.4, -0.2) is 0 Å². The summed E-state index contributed by atoms with van der Waals surface area (Å²) in [6.45, 7) is 4.76. The molecule has 0 radical (unpaired) electrons. The minimum Gasteiger partial charge on any atom is -0.0622 e. The first-order chi connectivity index (χ1) is 22.6. The topological polar surface area (TPSA) is 0 Å². The van der Waals surface area contributed by atoms with E-state index in [2.05, 4.69) is 172 Å². The largest absolute Gasteiger partial charge is 0.0713 e. The molecule has 46 heavy (non-hydrogen) atoms. The summed E-state index contributed by atoms with van der Waals surface area (Å²) in [4.78, 5) is 0. The van der Waals surface area contributed by atoms with Crippen LogP contribution >= 0.6 is 0 Å². The molecule has 0 spiro atoms. The fourth-order valence-corrected chi connectivity index (χ4v) is 9.04. The van der Waals surface area contributed by atoms with Crippen LogP contribution in [0.5, 0.6) is 0 Å². The SMILES string of the molecule is Cc1cc2c(c3ccccc13)-c1ccccc1C2(C)CCc1cccc2c1-c1ccccc1C2(c1ccccc1)c1ccccc1. The van der Waals surface area contributed by atoms with Crippen molar-refractivity contribution in [1.29, 1.82) is 0 Å². The van der Waals surface area contributed by atoms with Gasteiger partial charge >= 0.3 is 0 Å². The average Bonchev–Trinajstić information content (AvgIpc) is 3.56. The van der Waals surface area contributed by atoms with Crippen LogP contribution in [-0.2, 0) is 17.3 Å². The van der Waals surface area contributed by atoms with Crippen LogP contribution in [0.15, 0.2) is 158 Å². The van der Waals surface area contributed by atoms with Gasteiger partial charge in [0.05, 0.1) is 5.41 Å². The molecular weight excluding hydrogens is 553 g/mol. The maximum absolute atomic E-state index is 2.49. The van der Waals surface area contributed by atoms with E-state index in [1.165, 1.54) is 77.5 Å². The molecule has 0 N–H and O–H groups in total. The molecule has 0 bridgehead atoms. The number of benzene rings is 7. The predicted octanol–water partition coefficient (Wildman–Crippen LogP) is 11.4. The fraction of sp³-hybridized carbons (Fsp3) is 0.130. The Kier molecular flexibility index (Phi) is 5.99. The molecule has 0 aromatic heterocycles. The number of fused-ring (bicyclic) bond motifs is 8. The summed E-state index contributed by atoms with van der Waals surface area (Å²) < 4.78 is 0. The van der Waals surface area contributed by atoms with E-state index in [0.29, 0.717) is 0 Å². The lowest BCUT2D eigenvalue weighted by molar-refractivity contribution is 0.533. The molecule has 0 heteroatoms. The van der Waals surface area contributed by atoms with E-state index >= 15 is 0 Å². The molecule has 220 valence electrons. The van der Waals surface area contributed by atoms with Crippen LogP contribution in [0.3, 0.4) is 0 Å². The van der Waals surface area contributed by atoms with Crippen LogP contribution in [0.25, 0.3) is 33.0 Å². The van der Waals surface area contributed by atoms with E-state index in [-0.39, 0.29) is 10.8 Å². The van der Waals surface area contributed by atoms with Gasteiger partial charge in [-0.15, -0.1) is 0 Å². The summed E-state index contributed by atoms with van der Waals surface area (Å²) in [5.41, 5.74) is 16.3. The van der Waals surface area contributed by atoms with Crippen LogP contribution in [0.1, 0.15) is 57.9 Å². The second-order valence-corrected chi connectivity index (χ2v) is 13.4. The Labute approximate surface area is 272 Å². The standard InChI is InChI=1S/C46H36/c1-31-30-42-44(36-22-10-9-21-35(31)36)37-23-11-13-25-39(37)45(42,2)29-28-32-16-15-27-41-43(32)38-24-12-14-26-40(38)46(41,33-17-5-3-6-18-33)34-19-7-4-8-20-34/h3-27,30H,28-29H2,1-2H3. The molecule has 0 fully saturated rings. The third-order valence-corrected chi connectivity index (χ3v) is 11.1. The summed E-state index contributed by atoms with van der Waals surface area (Å²) in [6.07, 6.45) is 2.03. The highest BCUT2D eigenvalue weighted by molar-refractivity contribution is 6.04. The monoisotopic (exact) mass is 588 g/mol. The van der Waals surface area contributed by atoms with Crippen molar-refractivity contribution in [2.45, 2.75) is 37.5 Å². The molecule has 0 aliphatic heterocycles. The van der Waals surface area contributed by atoms with Gasteiger partial charge in [-0.05, 0) is 97.3 Å². The number of rotatable bonds is 5. The molecule has 1 unspecified atom stereocenters. The highest BCUT2D eigenvalue weighted by Crippen LogP contribution is 2.58. The van der Waals surface area contributed by atoms with Gasteiger partial charge in [0.2, 0.25) is 0 Å². The van der Waals surface area contributed by atoms with E-state index in [1.807, 2.05) is 0 Å². The van der Waals surface area contributed by atoms with Crippen LogP contribution < -0.4 is 0 Å².